The highest BCUT2D eigenvalue weighted by Crippen LogP contribution is 2.28. The van der Waals surface area contributed by atoms with E-state index >= 15 is 0 Å². The standard InChI is InChI=1S/C21H28O4/c1-16-7-6-10-19(13-16)25-15-18(22)9-5-4-8-17-11-12-20(23-2)21(14-17)24-3/h6-7,10-14,18,22H,4-5,8-9,15H2,1-3H3/i4D2,8D2,15D2,18D. The molecule has 0 aromatic heterocycles. The van der Waals surface area contributed by atoms with E-state index in [0.29, 0.717) is 5.75 Å². The Morgan fingerprint density at radius 2 is 1.92 bits per heavy atom. The van der Waals surface area contributed by atoms with Gasteiger partial charge in [-0.25, -0.2) is 0 Å². The van der Waals surface area contributed by atoms with Gasteiger partial charge in [0.25, 0.3) is 0 Å². The fourth-order valence-electron chi connectivity index (χ4n) is 2.11. The molecule has 1 atom stereocenters. The van der Waals surface area contributed by atoms with Gasteiger partial charge in [-0.1, -0.05) is 24.6 Å². The van der Waals surface area contributed by atoms with Crippen LogP contribution in [0.5, 0.6) is 17.2 Å². The Morgan fingerprint density at radius 1 is 1.12 bits per heavy atom. The summed E-state index contributed by atoms with van der Waals surface area (Å²) in [7, 11) is 2.80. The summed E-state index contributed by atoms with van der Waals surface area (Å²) < 4.78 is 72.9. The maximum Gasteiger partial charge on any atom is 0.160 e. The van der Waals surface area contributed by atoms with Gasteiger partial charge in [0.15, 0.2) is 11.5 Å². The van der Waals surface area contributed by atoms with Gasteiger partial charge in [-0.15, -0.1) is 0 Å². The van der Waals surface area contributed by atoms with Crippen molar-refractivity contribution in [3.63, 3.8) is 0 Å². The summed E-state index contributed by atoms with van der Waals surface area (Å²) in [4.78, 5) is 0. The maximum absolute atomic E-state index is 10.5. The lowest BCUT2D eigenvalue weighted by Crippen LogP contribution is -2.17. The molecule has 0 spiro atoms. The third-order valence-electron chi connectivity index (χ3n) is 3.38. The van der Waals surface area contributed by atoms with E-state index in [1.165, 1.54) is 38.5 Å². The topological polar surface area (TPSA) is 47.9 Å². The van der Waals surface area contributed by atoms with Crippen LogP contribution in [0.3, 0.4) is 0 Å². The molecule has 0 aliphatic rings. The molecule has 0 radical (unpaired) electrons. The third kappa shape index (κ3) is 6.31. The minimum absolute atomic E-state index is 0.0207. The van der Waals surface area contributed by atoms with E-state index in [1.54, 1.807) is 25.1 Å². The molecule has 136 valence electrons. The van der Waals surface area contributed by atoms with Crippen molar-refractivity contribution in [2.75, 3.05) is 20.8 Å². The fraction of sp³-hybridized carbons (Fsp3) is 0.429. The van der Waals surface area contributed by atoms with E-state index in [9.17, 15) is 5.11 Å². The van der Waals surface area contributed by atoms with Gasteiger partial charge in [0, 0.05) is 5.48 Å². The summed E-state index contributed by atoms with van der Waals surface area (Å²) in [5.41, 5.74) is 0.777. The summed E-state index contributed by atoms with van der Waals surface area (Å²) in [6.07, 6.45) is -9.29. The minimum atomic E-state index is -2.87. The zero-order valence-electron chi connectivity index (χ0n) is 21.6. The second-order valence-corrected chi connectivity index (χ2v) is 5.34. The van der Waals surface area contributed by atoms with E-state index in [4.69, 9.17) is 23.8 Å². The molecule has 1 N–H and O–H groups in total. The van der Waals surface area contributed by atoms with Gasteiger partial charge in [0.05, 0.1) is 24.4 Å². The van der Waals surface area contributed by atoms with Crippen LogP contribution in [-0.2, 0) is 6.37 Å². The van der Waals surface area contributed by atoms with Crippen molar-refractivity contribution in [3.8, 4) is 17.2 Å². The maximum atomic E-state index is 10.5. The first-order valence-electron chi connectivity index (χ1n) is 11.4. The van der Waals surface area contributed by atoms with Crippen LogP contribution < -0.4 is 14.2 Å². The number of aliphatic hydroxyl groups is 1. The van der Waals surface area contributed by atoms with Crippen LogP contribution >= 0.6 is 0 Å². The monoisotopic (exact) mass is 351 g/mol. The number of benzene rings is 2. The Hall–Kier alpha value is -2.20. The van der Waals surface area contributed by atoms with Crippen LogP contribution in [-0.4, -0.2) is 32.0 Å². The zero-order chi connectivity index (χ0) is 24.4. The van der Waals surface area contributed by atoms with Crippen molar-refractivity contribution in [1.29, 1.82) is 0 Å². The van der Waals surface area contributed by atoms with E-state index in [2.05, 4.69) is 0 Å². The second kappa shape index (κ2) is 9.94. The largest absolute Gasteiger partial charge is 0.493 e. The molecule has 1 unspecified atom stereocenters. The third-order valence-corrected chi connectivity index (χ3v) is 3.38. The summed E-state index contributed by atoms with van der Waals surface area (Å²) in [5, 5.41) is 10.5. The number of hydrogen-bond donors (Lipinski definition) is 1. The van der Waals surface area contributed by atoms with Crippen LogP contribution in [0.25, 0.3) is 0 Å². The van der Waals surface area contributed by atoms with Gasteiger partial charge in [-0.3, -0.25) is 0 Å². The lowest BCUT2D eigenvalue weighted by Gasteiger charge is -2.13. The van der Waals surface area contributed by atoms with Crippen LogP contribution in [0.1, 0.15) is 39.9 Å². The molecular formula is C21H28O4. The average molecular weight is 351 g/mol. The van der Waals surface area contributed by atoms with Crippen molar-refractivity contribution in [2.45, 2.75) is 38.6 Å². The summed E-state index contributed by atoms with van der Waals surface area (Å²) >= 11 is 0. The lowest BCUT2D eigenvalue weighted by molar-refractivity contribution is 0.0976. The molecular weight excluding hydrogens is 316 g/mol. The molecule has 0 fully saturated rings. The van der Waals surface area contributed by atoms with Gasteiger partial charge < -0.3 is 19.3 Å². The lowest BCUT2D eigenvalue weighted by atomic mass is 10.0. The van der Waals surface area contributed by atoms with Crippen molar-refractivity contribution >= 4 is 0 Å². The Kier molecular flexibility index (Phi) is 4.54. The van der Waals surface area contributed by atoms with Crippen LogP contribution in [0.15, 0.2) is 42.5 Å². The molecule has 0 aliphatic carbocycles. The molecule has 0 aliphatic heterocycles. The SMILES string of the molecule is [2H]C([2H])(CCC([2H])(O)C([2H])([2H])Oc1cccc(C)c1)C([2H])([2H])c1ccc(OC)c(OC)c1. The van der Waals surface area contributed by atoms with Gasteiger partial charge in [0.1, 0.15) is 12.3 Å². The molecule has 25 heavy (non-hydrogen) atoms. The predicted molar refractivity (Wildman–Crippen MR) is 99.8 cm³/mol. The van der Waals surface area contributed by atoms with Crippen LogP contribution in [0, 0.1) is 6.92 Å². The average Bonchev–Trinajstić information content (AvgIpc) is 2.71. The molecule has 4 heteroatoms. The first-order chi connectivity index (χ1) is 14.7. The quantitative estimate of drug-likeness (QED) is 0.698. The molecule has 0 bridgehead atoms. The zero-order valence-corrected chi connectivity index (χ0v) is 14.6. The molecule has 0 amide bonds. The van der Waals surface area contributed by atoms with Crippen LogP contribution in [0.4, 0.5) is 0 Å². The van der Waals surface area contributed by atoms with Gasteiger partial charge >= 0.3 is 0 Å². The smallest absolute Gasteiger partial charge is 0.160 e. The van der Waals surface area contributed by atoms with Gasteiger partial charge in [0.2, 0.25) is 0 Å². The van der Waals surface area contributed by atoms with E-state index in [1.807, 2.05) is 0 Å². The molecule has 2 aromatic carbocycles. The van der Waals surface area contributed by atoms with Gasteiger partial charge in [-0.05, 0) is 61.5 Å². The summed E-state index contributed by atoms with van der Waals surface area (Å²) in [5.74, 6) is 0.698. The molecule has 0 saturated heterocycles. The number of hydrogen-bond acceptors (Lipinski definition) is 4. The fourth-order valence-corrected chi connectivity index (χ4v) is 2.11. The highest BCUT2D eigenvalue weighted by molar-refractivity contribution is 5.42. The second-order valence-electron chi connectivity index (χ2n) is 5.34. The number of ether oxygens (including phenoxy) is 3. The number of methoxy groups -OCH3 is 2. The van der Waals surface area contributed by atoms with E-state index in [0.717, 1.165) is 5.56 Å². The summed E-state index contributed by atoms with van der Waals surface area (Å²) in [6.45, 7) is -1.09. The Bertz CT molecular complexity index is 932. The normalized spacial score (nSPS) is 19.0. The Labute approximate surface area is 160 Å². The predicted octanol–water partition coefficient (Wildman–Crippen LogP) is 4.16. The molecule has 2 rings (SSSR count). The first kappa shape index (κ1) is 11.4. The van der Waals surface area contributed by atoms with Crippen molar-refractivity contribution in [1.82, 2.24) is 0 Å². The number of aryl methyl sites for hydroxylation is 2. The van der Waals surface area contributed by atoms with Crippen molar-refractivity contribution in [3.05, 3.63) is 53.6 Å². The molecule has 0 saturated carbocycles. The van der Waals surface area contributed by atoms with Crippen molar-refractivity contribution in [2.24, 2.45) is 0 Å². The molecule has 4 nitrogen and oxygen atoms in total. The summed E-state index contributed by atoms with van der Waals surface area (Å²) in [6, 6.07) is 10.6. The first-order valence-corrected chi connectivity index (χ1v) is 7.87. The van der Waals surface area contributed by atoms with Crippen LogP contribution in [0.2, 0.25) is 0 Å². The molecule has 0 heterocycles. The highest BCUT2D eigenvalue weighted by atomic mass is 16.5. The van der Waals surface area contributed by atoms with Gasteiger partial charge in [-0.2, -0.15) is 0 Å². The minimum Gasteiger partial charge on any atom is -0.493 e. The Balaban J connectivity index is 2.20. The number of rotatable bonds is 10. The van der Waals surface area contributed by atoms with Crippen molar-refractivity contribution < 1.29 is 28.9 Å². The highest BCUT2D eigenvalue weighted by Gasteiger charge is 2.07. The van der Waals surface area contributed by atoms with E-state index < -0.39 is 38.2 Å². The molecule has 2 aromatic rings. The van der Waals surface area contributed by atoms with E-state index in [-0.39, 0.29) is 17.1 Å². The Morgan fingerprint density at radius 3 is 2.64 bits per heavy atom.